The molecule has 0 aliphatic heterocycles. The maximum Gasteiger partial charge on any atom is 0.331 e. The molecule has 7 nitrogen and oxygen atoms in total. The van der Waals surface area contributed by atoms with Crippen LogP contribution in [0, 0.1) is 12.8 Å². The van der Waals surface area contributed by atoms with Gasteiger partial charge in [0.25, 0.3) is 5.56 Å². The Kier molecular flexibility index (Phi) is 7.29. The molecular formula is C19H24N2O5S. The summed E-state index contributed by atoms with van der Waals surface area (Å²) in [5.74, 6) is -0.592. The van der Waals surface area contributed by atoms with Crippen molar-refractivity contribution in [2.45, 2.75) is 47.1 Å². The molecule has 27 heavy (non-hydrogen) atoms. The van der Waals surface area contributed by atoms with E-state index in [0.29, 0.717) is 16.1 Å². The molecule has 0 bridgehead atoms. The zero-order chi connectivity index (χ0) is 20.0. The topological polar surface area (TPSA) is 98.3 Å². The van der Waals surface area contributed by atoms with Crippen molar-refractivity contribution in [1.82, 2.24) is 9.97 Å². The van der Waals surface area contributed by atoms with E-state index in [-0.39, 0.29) is 24.6 Å². The standard InChI is InChI=1S/C19H24N2O5S/c1-5-11(3)9-13-12(4)27-19-17(13)18(24)20-14(21-19)10-26-16(23)8-7-15(22)25-6-2/h7-8,11H,5-6,9-10H2,1-4H3,(H,20,21,24)/b8-7+/t11-/m1/s1. The van der Waals surface area contributed by atoms with E-state index in [1.165, 1.54) is 11.3 Å². The third-order valence-electron chi connectivity index (χ3n) is 4.15. The number of aromatic amines is 1. The van der Waals surface area contributed by atoms with Crippen LogP contribution in [0.15, 0.2) is 16.9 Å². The smallest absolute Gasteiger partial charge is 0.331 e. The van der Waals surface area contributed by atoms with Gasteiger partial charge >= 0.3 is 11.9 Å². The Morgan fingerprint density at radius 1 is 1.22 bits per heavy atom. The number of fused-ring (bicyclic) bond motifs is 1. The lowest BCUT2D eigenvalue weighted by molar-refractivity contribution is -0.141. The molecule has 8 heteroatoms. The molecule has 0 aliphatic rings. The Balaban J connectivity index is 2.14. The minimum absolute atomic E-state index is 0.186. The number of nitrogens with zero attached hydrogens (tertiary/aromatic N) is 1. The van der Waals surface area contributed by atoms with Crippen LogP contribution in [0.5, 0.6) is 0 Å². The largest absolute Gasteiger partial charge is 0.463 e. The summed E-state index contributed by atoms with van der Waals surface area (Å²) >= 11 is 1.47. The molecule has 0 spiro atoms. The first-order valence-electron chi connectivity index (χ1n) is 8.88. The number of esters is 2. The van der Waals surface area contributed by atoms with Gasteiger partial charge in [0, 0.05) is 17.0 Å². The Labute approximate surface area is 161 Å². The number of aryl methyl sites for hydroxylation is 1. The van der Waals surface area contributed by atoms with Crippen molar-refractivity contribution in [2.75, 3.05) is 6.61 Å². The molecule has 0 aliphatic carbocycles. The fourth-order valence-electron chi connectivity index (χ4n) is 2.54. The summed E-state index contributed by atoms with van der Waals surface area (Å²) in [5.41, 5.74) is 0.815. The van der Waals surface area contributed by atoms with Crippen LogP contribution in [0.1, 0.15) is 43.5 Å². The van der Waals surface area contributed by atoms with Crippen molar-refractivity contribution in [2.24, 2.45) is 5.92 Å². The van der Waals surface area contributed by atoms with Crippen molar-refractivity contribution in [3.63, 3.8) is 0 Å². The number of ether oxygens (including phenoxy) is 2. The second kappa shape index (κ2) is 9.45. The fourth-order valence-corrected chi connectivity index (χ4v) is 3.61. The van der Waals surface area contributed by atoms with E-state index in [9.17, 15) is 14.4 Å². The highest BCUT2D eigenvalue weighted by molar-refractivity contribution is 7.18. The van der Waals surface area contributed by atoms with Gasteiger partial charge in [0.2, 0.25) is 0 Å². The molecule has 0 saturated heterocycles. The first kappa shape index (κ1) is 20.8. The maximum absolute atomic E-state index is 12.5. The minimum Gasteiger partial charge on any atom is -0.463 e. The van der Waals surface area contributed by atoms with E-state index in [0.717, 1.165) is 35.4 Å². The summed E-state index contributed by atoms with van der Waals surface area (Å²) in [5, 5.41) is 0.620. The Hall–Kier alpha value is -2.48. The van der Waals surface area contributed by atoms with Crippen LogP contribution in [0.4, 0.5) is 0 Å². The van der Waals surface area contributed by atoms with Crippen molar-refractivity contribution < 1.29 is 19.1 Å². The molecule has 2 aromatic rings. The summed E-state index contributed by atoms with van der Waals surface area (Å²) in [6, 6.07) is 0. The van der Waals surface area contributed by atoms with Crippen LogP contribution < -0.4 is 5.56 Å². The molecule has 1 atom stereocenters. The Morgan fingerprint density at radius 2 is 1.89 bits per heavy atom. The number of hydrogen-bond acceptors (Lipinski definition) is 7. The highest BCUT2D eigenvalue weighted by Gasteiger charge is 2.17. The summed E-state index contributed by atoms with van der Waals surface area (Å²) in [4.78, 5) is 44.2. The average molecular weight is 392 g/mol. The average Bonchev–Trinajstić information content (AvgIpc) is 2.94. The fraction of sp³-hybridized carbons (Fsp3) is 0.474. The zero-order valence-corrected chi connectivity index (χ0v) is 16.8. The van der Waals surface area contributed by atoms with E-state index < -0.39 is 11.9 Å². The van der Waals surface area contributed by atoms with Crippen LogP contribution >= 0.6 is 11.3 Å². The molecule has 0 amide bonds. The van der Waals surface area contributed by atoms with Gasteiger partial charge in [-0.15, -0.1) is 11.3 Å². The molecule has 0 radical (unpaired) electrons. The van der Waals surface area contributed by atoms with Crippen molar-refractivity contribution >= 4 is 33.5 Å². The van der Waals surface area contributed by atoms with Crippen molar-refractivity contribution in [1.29, 1.82) is 0 Å². The number of carbonyl (C=O) groups excluding carboxylic acids is 2. The molecule has 0 unspecified atom stereocenters. The molecule has 0 saturated carbocycles. The Bertz CT molecular complexity index is 913. The monoisotopic (exact) mass is 392 g/mol. The summed E-state index contributed by atoms with van der Waals surface area (Å²) in [6.45, 7) is 7.98. The first-order valence-corrected chi connectivity index (χ1v) is 9.70. The van der Waals surface area contributed by atoms with Gasteiger partial charge in [-0.05, 0) is 31.7 Å². The third kappa shape index (κ3) is 5.50. The molecule has 2 aromatic heterocycles. The predicted octanol–water partition coefficient (Wildman–Crippen LogP) is 3.04. The van der Waals surface area contributed by atoms with E-state index in [1.54, 1.807) is 6.92 Å². The predicted molar refractivity (Wildman–Crippen MR) is 104 cm³/mol. The first-order chi connectivity index (χ1) is 12.8. The van der Waals surface area contributed by atoms with Crippen LogP contribution in [0.3, 0.4) is 0 Å². The van der Waals surface area contributed by atoms with Crippen molar-refractivity contribution in [3.8, 4) is 0 Å². The number of hydrogen-bond donors (Lipinski definition) is 1. The van der Waals surface area contributed by atoms with Crippen LogP contribution in [-0.2, 0) is 32.1 Å². The quantitative estimate of drug-likeness (QED) is 0.548. The maximum atomic E-state index is 12.5. The van der Waals surface area contributed by atoms with Gasteiger partial charge in [-0.2, -0.15) is 0 Å². The summed E-state index contributed by atoms with van der Waals surface area (Å²) in [7, 11) is 0. The molecule has 2 heterocycles. The van der Waals surface area contributed by atoms with Crippen LogP contribution in [-0.4, -0.2) is 28.5 Å². The van der Waals surface area contributed by atoms with E-state index in [1.807, 2.05) is 6.92 Å². The van der Waals surface area contributed by atoms with E-state index in [4.69, 9.17) is 4.74 Å². The van der Waals surface area contributed by atoms with Gasteiger partial charge in [0.15, 0.2) is 0 Å². The normalized spacial score (nSPS) is 12.4. The highest BCUT2D eigenvalue weighted by atomic mass is 32.1. The second-order valence-electron chi connectivity index (χ2n) is 6.24. The molecule has 2 rings (SSSR count). The van der Waals surface area contributed by atoms with Gasteiger partial charge in [-0.1, -0.05) is 20.3 Å². The number of carbonyl (C=O) groups is 2. The van der Waals surface area contributed by atoms with Gasteiger partial charge in [0.05, 0.1) is 12.0 Å². The molecule has 1 N–H and O–H groups in total. The lowest BCUT2D eigenvalue weighted by Crippen LogP contribution is -2.14. The summed E-state index contributed by atoms with van der Waals surface area (Å²) < 4.78 is 9.69. The number of nitrogens with one attached hydrogen (secondary N) is 1. The zero-order valence-electron chi connectivity index (χ0n) is 16.0. The van der Waals surface area contributed by atoms with Crippen molar-refractivity contribution in [3.05, 3.63) is 38.8 Å². The minimum atomic E-state index is -0.717. The number of H-pyrrole nitrogens is 1. The van der Waals surface area contributed by atoms with Gasteiger partial charge in [-0.25, -0.2) is 14.6 Å². The number of aromatic nitrogens is 2. The van der Waals surface area contributed by atoms with Gasteiger partial charge < -0.3 is 14.5 Å². The lowest BCUT2D eigenvalue weighted by Gasteiger charge is -2.08. The third-order valence-corrected chi connectivity index (χ3v) is 5.20. The Morgan fingerprint density at radius 3 is 2.52 bits per heavy atom. The van der Waals surface area contributed by atoms with E-state index >= 15 is 0 Å². The van der Waals surface area contributed by atoms with Crippen LogP contribution in [0.25, 0.3) is 10.2 Å². The van der Waals surface area contributed by atoms with Crippen LogP contribution in [0.2, 0.25) is 0 Å². The number of thiophene rings is 1. The second-order valence-corrected chi connectivity index (χ2v) is 7.44. The SMILES string of the molecule is CCOC(=O)/C=C/C(=O)OCc1nc2sc(C)c(C[C@H](C)CC)c2c(=O)[nH]1. The molecular weight excluding hydrogens is 368 g/mol. The molecule has 146 valence electrons. The molecule has 0 aromatic carbocycles. The molecule has 0 fully saturated rings. The van der Waals surface area contributed by atoms with Gasteiger partial charge in [0.1, 0.15) is 17.3 Å². The lowest BCUT2D eigenvalue weighted by atomic mass is 9.98. The van der Waals surface area contributed by atoms with E-state index in [2.05, 4.69) is 28.6 Å². The highest BCUT2D eigenvalue weighted by Crippen LogP contribution is 2.29. The summed E-state index contributed by atoms with van der Waals surface area (Å²) in [6.07, 6.45) is 3.85. The number of rotatable bonds is 8. The van der Waals surface area contributed by atoms with Gasteiger partial charge in [-0.3, -0.25) is 4.79 Å².